The molecule has 0 radical (unpaired) electrons. The molecule has 0 aromatic rings. The van der Waals surface area contributed by atoms with Gasteiger partial charge >= 0.3 is 0 Å². The molecule has 110 valence electrons. The molecule has 0 bridgehead atoms. The number of nitrogens with one attached hydrogen (secondary N) is 1. The molecule has 0 amide bonds. The quantitative estimate of drug-likeness (QED) is 0.797. The van der Waals surface area contributed by atoms with Crippen LogP contribution < -0.4 is 5.32 Å². The summed E-state index contributed by atoms with van der Waals surface area (Å²) in [6, 6.07) is 0.829. The first kappa shape index (κ1) is 14.3. The van der Waals surface area contributed by atoms with E-state index in [0.29, 0.717) is 4.75 Å². The zero-order valence-corrected chi connectivity index (χ0v) is 13.5. The summed E-state index contributed by atoms with van der Waals surface area (Å²) in [5.41, 5.74) is 0.794. The number of hydrogen-bond acceptors (Lipinski definition) is 2. The van der Waals surface area contributed by atoms with E-state index in [4.69, 9.17) is 0 Å². The lowest BCUT2D eigenvalue weighted by Crippen LogP contribution is -2.43. The second kappa shape index (κ2) is 5.97. The molecule has 3 rings (SSSR count). The molecular weight excluding hydrogens is 250 g/mol. The smallest absolute Gasteiger partial charge is 0.0281 e. The van der Waals surface area contributed by atoms with Gasteiger partial charge in [-0.05, 0) is 63.0 Å². The Morgan fingerprint density at radius 1 is 0.895 bits per heavy atom. The monoisotopic (exact) mass is 281 g/mol. The standard InChI is InChI=1S/C17H31NS/c1-19-17(10-4-5-11-17)14-18-15-6-12-16(13-7-15)8-2-3-9-16/h15,18H,2-14H2,1H3. The van der Waals surface area contributed by atoms with Crippen LogP contribution in [0.3, 0.4) is 0 Å². The van der Waals surface area contributed by atoms with Crippen LogP contribution >= 0.6 is 11.8 Å². The third-order valence-electron chi connectivity index (χ3n) is 6.37. The normalized spacial score (nSPS) is 30.2. The summed E-state index contributed by atoms with van der Waals surface area (Å²) >= 11 is 2.12. The van der Waals surface area contributed by atoms with E-state index in [9.17, 15) is 0 Å². The molecule has 19 heavy (non-hydrogen) atoms. The Labute approximate surface area is 123 Å². The van der Waals surface area contributed by atoms with Crippen LogP contribution in [0.2, 0.25) is 0 Å². The number of hydrogen-bond donors (Lipinski definition) is 1. The largest absolute Gasteiger partial charge is 0.313 e. The first-order valence-electron chi connectivity index (χ1n) is 8.55. The Kier molecular flexibility index (Phi) is 4.48. The SMILES string of the molecule is CSC1(CNC2CCC3(CCCC3)CC2)CCCC1. The second-order valence-electron chi connectivity index (χ2n) is 7.46. The van der Waals surface area contributed by atoms with E-state index in [-0.39, 0.29) is 0 Å². The maximum absolute atomic E-state index is 3.94. The lowest BCUT2D eigenvalue weighted by molar-refractivity contribution is 0.167. The number of rotatable bonds is 4. The van der Waals surface area contributed by atoms with Crippen LogP contribution in [0, 0.1) is 5.41 Å². The van der Waals surface area contributed by atoms with Crippen molar-refractivity contribution in [2.24, 2.45) is 5.41 Å². The molecule has 3 aliphatic rings. The van der Waals surface area contributed by atoms with Gasteiger partial charge in [0, 0.05) is 17.3 Å². The van der Waals surface area contributed by atoms with Crippen molar-refractivity contribution >= 4 is 11.8 Å². The van der Waals surface area contributed by atoms with E-state index < -0.39 is 0 Å². The lowest BCUT2D eigenvalue weighted by Gasteiger charge is -2.39. The van der Waals surface area contributed by atoms with Crippen LogP contribution in [-0.4, -0.2) is 23.6 Å². The van der Waals surface area contributed by atoms with Gasteiger partial charge in [-0.1, -0.05) is 25.7 Å². The topological polar surface area (TPSA) is 12.0 Å². The average molecular weight is 282 g/mol. The second-order valence-corrected chi connectivity index (χ2v) is 8.73. The van der Waals surface area contributed by atoms with Gasteiger partial charge in [0.05, 0.1) is 0 Å². The van der Waals surface area contributed by atoms with Gasteiger partial charge in [-0.2, -0.15) is 11.8 Å². The summed E-state index contributed by atoms with van der Waals surface area (Å²) in [4.78, 5) is 0. The predicted molar refractivity (Wildman–Crippen MR) is 85.9 cm³/mol. The zero-order chi connectivity index (χ0) is 13.2. The van der Waals surface area contributed by atoms with E-state index in [1.165, 1.54) is 83.6 Å². The Hall–Kier alpha value is 0.310. The summed E-state index contributed by atoms with van der Waals surface area (Å²) in [7, 11) is 0. The van der Waals surface area contributed by atoms with Crippen LogP contribution in [0.5, 0.6) is 0 Å². The van der Waals surface area contributed by atoms with Crippen molar-refractivity contribution in [2.45, 2.75) is 87.8 Å². The summed E-state index contributed by atoms with van der Waals surface area (Å²) in [5, 5.41) is 3.94. The van der Waals surface area contributed by atoms with Gasteiger partial charge in [-0.25, -0.2) is 0 Å². The predicted octanol–water partition coefficient (Wildman–Crippen LogP) is 4.75. The molecule has 3 fully saturated rings. The maximum Gasteiger partial charge on any atom is 0.0281 e. The minimum Gasteiger partial charge on any atom is -0.313 e. The minimum absolute atomic E-state index is 0.586. The van der Waals surface area contributed by atoms with E-state index in [1.807, 2.05) is 0 Å². The van der Waals surface area contributed by atoms with Crippen molar-refractivity contribution < 1.29 is 0 Å². The Balaban J connectivity index is 1.44. The molecule has 0 saturated heterocycles. The molecule has 0 unspecified atom stereocenters. The highest BCUT2D eigenvalue weighted by atomic mass is 32.2. The van der Waals surface area contributed by atoms with E-state index in [2.05, 4.69) is 23.3 Å². The molecule has 0 aromatic heterocycles. The molecule has 3 aliphatic carbocycles. The van der Waals surface area contributed by atoms with Gasteiger partial charge in [0.25, 0.3) is 0 Å². The fourth-order valence-corrected chi connectivity index (χ4v) is 5.79. The first-order chi connectivity index (χ1) is 9.26. The van der Waals surface area contributed by atoms with Gasteiger partial charge in [0.2, 0.25) is 0 Å². The fraction of sp³-hybridized carbons (Fsp3) is 1.00. The molecule has 0 aliphatic heterocycles. The third-order valence-corrected chi connectivity index (χ3v) is 7.79. The zero-order valence-electron chi connectivity index (χ0n) is 12.7. The van der Waals surface area contributed by atoms with Crippen molar-refractivity contribution in [2.75, 3.05) is 12.8 Å². The van der Waals surface area contributed by atoms with Gasteiger partial charge in [0.15, 0.2) is 0 Å². The van der Waals surface area contributed by atoms with Gasteiger partial charge in [0.1, 0.15) is 0 Å². The van der Waals surface area contributed by atoms with Gasteiger partial charge in [-0.15, -0.1) is 0 Å². The summed E-state index contributed by atoms with van der Waals surface area (Å²) < 4.78 is 0.586. The van der Waals surface area contributed by atoms with E-state index in [0.717, 1.165) is 11.5 Å². The molecule has 0 heterocycles. The average Bonchev–Trinajstić information content (AvgIpc) is 3.09. The van der Waals surface area contributed by atoms with Crippen molar-refractivity contribution in [3.05, 3.63) is 0 Å². The highest BCUT2D eigenvalue weighted by Crippen LogP contribution is 2.49. The first-order valence-corrected chi connectivity index (χ1v) is 9.77. The van der Waals surface area contributed by atoms with Crippen LogP contribution in [-0.2, 0) is 0 Å². The third kappa shape index (κ3) is 3.15. The Morgan fingerprint density at radius 2 is 1.47 bits per heavy atom. The molecule has 3 saturated carbocycles. The summed E-state index contributed by atoms with van der Waals surface area (Å²) in [6.45, 7) is 1.27. The maximum atomic E-state index is 3.94. The molecule has 1 spiro atoms. The van der Waals surface area contributed by atoms with Gasteiger partial charge < -0.3 is 5.32 Å². The van der Waals surface area contributed by atoms with Crippen molar-refractivity contribution in [3.63, 3.8) is 0 Å². The molecule has 2 heteroatoms. The molecule has 1 nitrogen and oxygen atoms in total. The van der Waals surface area contributed by atoms with Crippen molar-refractivity contribution in [3.8, 4) is 0 Å². The summed E-state index contributed by atoms with van der Waals surface area (Å²) in [6.07, 6.45) is 20.1. The highest BCUT2D eigenvalue weighted by molar-refractivity contribution is 8.00. The number of thioether (sulfide) groups is 1. The van der Waals surface area contributed by atoms with E-state index in [1.54, 1.807) is 0 Å². The molecular formula is C17H31NS. The molecule has 0 atom stereocenters. The lowest BCUT2D eigenvalue weighted by atomic mass is 9.71. The highest BCUT2D eigenvalue weighted by Gasteiger charge is 2.38. The summed E-state index contributed by atoms with van der Waals surface area (Å²) in [5.74, 6) is 0. The Morgan fingerprint density at radius 3 is 2.05 bits per heavy atom. The van der Waals surface area contributed by atoms with Crippen LogP contribution in [0.25, 0.3) is 0 Å². The van der Waals surface area contributed by atoms with Crippen LogP contribution in [0.1, 0.15) is 77.0 Å². The minimum atomic E-state index is 0.586. The van der Waals surface area contributed by atoms with Gasteiger partial charge in [-0.3, -0.25) is 0 Å². The molecule has 1 N–H and O–H groups in total. The van der Waals surface area contributed by atoms with Crippen LogP contribution in [0.15, 0.2) is 0 Å². The fourth-order valence-electron chi connectivity index (χ4n) is 4.86. The van der Waals surface area contributed by atoms with E-state index >= 15 is 0 Å². The Bertz CT molecular complexity index is 280. The molecule has 0 aromatic carbocycles. The van der Waals surface area contributed by atoms with Crippen LogP contribution in [0.4, 0.5) is 0 Å². The van der Waals surface area contributed by atoms with Crippen molar-refractivity contribution in [1.29, 1.82) is 0 Å². The van der Waals surface area contributed by atoms with Crippen molar-refractivity contribution in [1.82, 2.24) is 5.32 Å².